The van der Waals surface area contributed by atoms with Crippen LogP contribution in [0.3, 0.4) is 0 Å². The molecule has 14 heavy (non-hydrogen) atoms. The van der Waals surface area contributed by atoms with E-state index in [9.17, 15) is 0 Å². The summed E-state index contributed by atoms with van der Waals surface area (Å²) in [6.45, 7) is 0.453. The van der Waals surface area contributed by atoms with Crippen molar-refractivity contribution >= 4 is 15.9 Å². The van der Waals surface area contributed by atoms with E-state index in [0.29, 0.717) is 13.0 Å². The Morgan fingerprint density at radius 2 is 2.36 bits per heavy atom. The fourth-order valence-electron chi connectivity index (χ4n) is 1.14. The first kappa shape index (κ1) is 10.9. The molecule has 0 radical (unpaired) electrons. The van der Waals surface area contributed by atoms with Gasteiger partial charge in [-0.3, -0.25) is 0 Å². The van der Waals surface area contributed by atoms with E-state index in [-0.39, 0.29) is 0 Å². The van der Waals surface area contributed by atoms with Gasteiger partial charge in [0.2, 0.25) is 0 Å². The van der Waals surface area contributed by atoms with Gasteiger partial charge >= 0.3 is 0 Å². The molecule has 1 rings (SSSR count). The average molecular weight is 256 g/mol. The molecule has 0 atom stereocenters. The molecule has 5 heteroatoms. The van der Waals surface area contributed by atoms with Crippen molar-refractivity contribution in [2.24, 2.45) is 5.11 Å². The van der Waals surface area contributed by atoms with Gasteiger partial charge in [-0.25, -0.2) is 0 Å². The first-order chi connectivity index (χ1) is 6.77. The average Bonchev–Trinajstić information content (AvgIpc) is 2.20. The molecule has 0 fully saturated rings. The second-order valence-electron chi connectivity index (χ2n) is 2.66. The van der Waals surface area contributed by atoms with Crippen molar-refractivity contribution < 1.29 is 4.74 Å². The molecule has 0 bridgehead atoms. The van der Waals surface area contributed by atoms with Crippen molar-refractivity contribution in [1.82, 2.24) is 0 Å². The number of ether oxygens (including phenoxy) is 1. The summed E-state index contributed by atoms with van der Waals surface area (Å²) < 4.78 is 6.17. The van der Waals surface area contributed by atoms with Crippen LogP contribution >= 0.6 is 15.9 Å². The van der Waals surface area contributed by atoms with Crippen LogP contribution in [-0.2, 0) is 6.42 Å². The molecule has 0 spiro atoms. The lowest BCUT2D eigenvalue weighted by molar-refractivity contribution is 0.409. The molecule has 1 aromatic rings. The number of nitrogens with zero attached hydrogens (tertiary/aromatic N) is 3. The zero-order valence-corrected chi connectivity index (χ0v) is 9.36. The molecule has 4 nitrogen and oxygen atoms in total. The molecule has 0 unspecified atom stereocenters. The molecule has 1 aromatic carbocycles. The summed E-state index contributed by atoms with van der Waals surface area (Å²) in [7, 11) is 1.62. The van der Waals surface area contributed by atoms with Gasteiger partial charge in [0, 0.05) is 15.9 Å². The maximum absolute atomic E-state index is 8.13. The third kappa shape index (κ3) is 2.94. The summed E-state index contributed by atoms with van der Waals surface area (Å²) >= 11 is 3.36. The Balaban J connectivity index is 2.79. The lowest BCUT2D eigenvalue weighted by Crippen LogP contribution is -1.94. The van der Waals surface area contributed by atoms with E-state index in [1.807, 2.05) is 18.2 Å². The van der Waals surface area contributed by atoms with Gasteiger partial charge in [0.25, 0.3) is 0 Å². The van der Waals surface area contributed by atoms with Crippen molar-refractivity contribution in [2.45, 2.75) is 6.42 Å². The smallest absolute Gasteiger partial charge is 0.123 e. The normalized spacial score (nSPS) is 9.29. The van der Waals surface area contributed by atoms with Gasteiger partial charge in [-0.05, 0) is 29.6 Å². The molecule has 0 aliphatic carbocycles. The Kier molecular flexibility index (Phi) is 4.29. The zero-order valence-electron chi connectivity index (χ0n) is 7.77. The SMILES string of the molecule is COc1cc(Br)ccc1CCN=[N+]=[N-]. The first-order valence-electron chi connectivity index (χ1n) is 4.11. The van der Waals surface area contributed by atoms with Crippen molar-refractivity contribution in [2.75, 3.05) is 13.7 Å². The first-order valence-corrected chi connectivity index (χ1v) is 4.90. The number of hydrogen-bond donors (Lipinski definition) is 0. The summed E-state index contributed by atoms with van der Waals surface area (Å²) in [5, 5.41) is 3.48. The minimum atomic E-state index is 0.453. The van der Waals surface area contributed by atoms with Crippen LogP contribution in [0.25, 0.3) is 10.4 Å². The highest BCUT2D eigenvalue weighted by Crippen LogP contribution is 2.23. The predicted molar refractivity (Wildman–Crippen MR) is 58.4 cm³/mol. The molecule has 0 N–H and O–H groups in total. The predicted octanol–water partition coefficient (Wildman–Crippen LogP) is 3.31. The van der Waals surface area contributed by atoms with Crippen molar-refractivity contribution in [1.29, 1.82) is 0 Å². The van der Waals surface area contributed by atoms with Gasteiger partial charge in [-0.1, -0.05) is 27.1 Å². The highest BCUT2D eigenvalue weighted by molar-refractivity contribution is 9.10. The number of benzene rings is 1. The standard InChI is InChI=1S/C9H10BrN3O/c1-14-9-6-8(10)3-2-7(9)4-5-12-13-11/h2-3,6H,4-5H2,1H3. The zero-order chi connectivity index (χ0) is 10.4. The largest absolute Gasteiger partial charge is 0.496 e. The van der Waals surface area contributed by atoms with Crippen molar-refractivity contribution in [3.63, 3.8) is 0 Å². The lowest BCUT2D eigenvalue weighted by Gasteiger charge is -2.07. The van der Waals surface area contributed by atoms with Crippen LogP contribution in [-0.4, -0.2) is 13.7 Å². The Hall–Kier alpha value is -1.19. The van der Waals surface area contributed by atoms with Crippen LogP contribution in [0.15, 0.2) is 27.8 Å². The molecule has 0 saturated heterocycles. The van der Waals surface area contributed by atoms with E-state index in [4.69, 9.17) is 10.3 Å². The van der Waals surface area contributed by atoms with Crippen LogP contribution in [0.1, 0.15) is 5.56 Å². The topological polar surface area (TPSA) is 58.0 Å². The van der Waals surface area contributed by atoms with E-state index < -0.39 is 0 Å². The second-order valence-corrected chi connectivity index (χ2v) is 3.58. The number of halogens is 1. The van der Waals surface area contributed by atoms with Gasteiger partial charge in [0.05, 0.1) is 7.11 Å². The minimum absolute atomic E-state index is 0.453. The third-order valence-electron chi connectivity index (χ3n) is 1.79. The van der Waals surface area contributed by atoms with Crippen LogP contribution in [0.2, 0.25) is 0 Å². The van der Waals surface area contributed by atoms with Crippen LogP contribution < -0.4 is 4.74 Å². The van der Waals surface area contributed by atoms with Crippen LogP contribution in [0, 0.1) is 0 Å². The summed E-state index contributed by atoms with van der Waals surface area (Å²) in [5.41, 5.74) is 9.18. The summed E-state index contributed by atoms with van der Waals surface area (Å²) in [6.07, 6.45) is 0.695. The second kappa shape index (κ2) is 5.52. The Labute approximate surface area is 90.6 Å². The molecule has 0 aliphatic rings. The highest BCUT2D eigenvalue weighted by atomic mass is 79.9. The lowest BCUT2D eigenvalue weighted by atomic mass is 10.1. The van der Waals surface area contributed by atoms with Crippen LogP contribution in [0.4, 0.5) is 0 Å². The Bertz CT molecular complexity index is 361. The molecular weight excluding hydrogens is 246 g/mol. The van der Waals surface area contributed by atoms with E-state index >= 15 is 0 Å². The monoisotopic (exact) mass is 255 g/mol. The van der Waals surface area contributed by atoms with E-state index in [1.54, 1.807) is 7.11 Å². The fraction of sp³-hybridized carbons (Fsp3) is 0.333. The third-order valence-corrected chi connectivity index (χ3v) is 2.29. The molecule has 0 aliphatic heterocycles. The van der Waals surface area contributed by atoms with Gasteiger partial charge in [-0.15, -0.1) is 0 Å². The molecular formula is C9H10BrN3O. The highest BCUT2D eigenvalue weighted by Gasteiger charge is 2.02. The molecule has 74 valence electrons. The van der Waals surface area contributed by atoms with Crippen molar-refractivity contribution in [3.05, 3.63) is 38.7 Å². The van der Waals surface area contributed by atoms with E-state index in [1.165, 1.54) is 0 Å². The minimum Gasteiger partial charge on any atom is -0.496 e. The van der Waals surface area contributed by atoms with E-state index in [0.717, 1.165) is 15.8 Å². The summed E-state index contributed by atoms with van der Waals surface area (Å²) in [4.78, 5) is 2.70. The maximum atomic E-state index is 8.13. The summed E-state index contributed by atoms with van der Waals surface area (Å²) in [5.74, 6) is 0.813. The molecule has 0 aromatic heterocycles. The fourth-order valence-corrected chi connectivity index (χ4v) is 1.48. The van der Waals surface area contributed by atoms with E-state index in [2.05, 4.69) is 26.0 Å². The van der Waals surface area contributed by atoms with Crippen molar-refractivity contribution in [3.8, 4) is 5.75 Å². The van der Waals surface area contributed by atoms with Gasteiger partial charge in [0.15, 0.2) is 0 Å². The molecule has 0 amide bonds. The number of methoxy groups -OCH3 is 1. The maximum Gasteiger partial charge on any atom is 0.123 e. The van der Waals surface area contributed by atoms with Gasteiger partial charge in [-0.2, -0.15) is 0 Å². The number of rotatable bonds is 4. The molecule has 0 heterocycles. The van der Waals surface area contributed by atoms with Gasteiger partial charge in [0.1, 0.15) is 5.75 Å². The quantitative estimate of drug-likeness (QED) is 0.463. The summed E-state index contributed by atoms with van der Waals surface area (Å²) in [6, 6.07) is 5.79. The van der Waals surface area contributed by atoms with Crippen LogP contribution in [0.5, 0.6) is 5.75 Å². The number of hydrogen-bond acceptors (Lipinski definition) is 2. The van der Waals surface area contributed by atoms with Gasteiger partial charge < -0.3 is 4.74 Å². The Morgan fingerprint density at radius 3 is 3.00 bits per heavy atom. The Morgan fingerprint density at radius 1 is 1.57 bits per heavy atom. The molecule has 0 saturated carbocycles. The number of azide groups is 1.